The Morgan fingerprint density at radius 3 is 2.29 bits per heavy atom. The molecule has 0 aromatic heterocycles. The number of thioether (sulfide) groups is 1. The molecule has 0 aliphatic carbocycles. The maximum atomic E-state index is 9.59. The lowest BCUT2D eigenvalue weighted by molar-refractivity contribution is 0.328. The molecule has 0 unspecified atom stereocenters. The van der Waals surface area contributed by atoms with Crippen molar-refractivity contribution in [2.24, 2.45) is 0 Å². The number of anilines is 1. The van der Waals surface area contributed by atoms with Crippen LogP contribution in [-0.4, -0.2) is 25.6 Å². The summed E-state index contributed by atoms with van der Waals surface area (Å²) in [5.41, 5.74) is 5.88. The molecule has 0 spiro atoms. The highest BCUT2D eigenvalue weighted by Gasteiger charge is 2.17. The van der Waals surface area contributed by atoms with Crippen LogP contribution in [0.4, 0.5) is 5.69 Å². The van der Waals surface area contributed by atoms with Gasteiger partial charge in [0.15, 0.2) is 11.5 Å². The van der Waals surface area contributed by atoms with E-state index in [1.54, 1.807) is 6.07 Å². The van der Waals surface area contributed by atoms with Crippen molar-refractivity contribution in [3.63, 3.8) is 0 Å². The summed E-state index contributed by atoms with van der Waals surface area (Å²) in [6.07, 6.45) is 1.90. The fraction of sp³-hybridized carbons (Fsp3) is 0.333. The summed E-state index contributed by atoms with van der Waals surface area (Å²) in [7, 11) is 2.98. The summed E-state index contributed by atoms with van der Waals surface area (Å²) in [6, 6.07) is 1.65. The molecule has 0 bridgehead atoms. The van der Waals surface area contributed by atoms with Gasteiger partial charge in [-0.3, -0.25) is 0 Å². The smallest absolute Gasteiger partial charge is 0.206 e. The van der Waals surface area contributed by atoms with Crippen LogP contribution in [-0.2, 0) is 0 Å². The highest BCUT2D eigenvalue weighted by Crippen LogP contribution is 2.46. The van der Waals surface area contributed by atoms with E-state index in [2.05, 4.69) is 0 Å². The molecule has 78 valence electrons. The first-order chi connectivity index (χ1) is 6.65. The quantitative estimate of drug-likeness (QED) is 0.456. The number of ether oxygens (including phenoxy) is 2. The van der Waals surface area contributed by atoms with Gasteiger partial charge < -0.3 is 20.3 Å². The number of nitrogen functional groups attached to an aromatic ring is 1. The fourth-order valence-electron chi connectivity index (χ4n) is 1.16. The first-order valence-electron chi connectivity index (χ1n) is 3.93. The van der Waals surface area contributed by atoms with E-state index in [9.17, 15) is 5.11 Å². The number of rotatable bonds is 3. The van der Waals surface area contributed by atoms with Gasteiger partial charge >= 0.3 is 0 Å². The van der Waals surface area contributed by atoms with Crippen molar-refractivity contribution in [3.05, 3.63) is 6.07 Å². The molecule has 0 aliphatic rings. The zero-order valence-electron chi connectivity index (χ0n) is 8.33. The lowest BCUT2D eigenvalue weighted by Crippen LogP contribution is -1.96. The molecule has 0 amide bonds. The maximum Gasteiger partial charge on any atom is 0.206 e. The van der Waals surface area contributed by atoms with Gasteiger partial charge in [0, 0.05) is 0 Å². The molecule has 1 aromatic rings. The average molecular weight is 215 g/mol. The number of aromatic hydroxyl groups is 1. The maximum absolute atomic E-state index is 9.59. The normalized spacial score (nSPS) is 9.93. The Bertz CT molecular complexity index is 341. The third-order valence-corrected chi connectivity index (χ3v) is 2.58. The van der Waals surface area contributed by atoms with Crippen LogP contribution in [0, 0.1) is 0 Å². The standard InChI is InChI=1S/C9H13NO3S/c1-12-8-6(14-3)4-5(10)7(11)9(8)13-2/h4,11H,10H2,1-3H3. The molecule has 5 heteroatoms. The van der Waals surface area contributed by atoms with Crippen molar-refractivity contribution in [2.45, 2.75) is 4.90 Å². The van der Waals surface area contributed by atoms with Crippen LogP contribution in [0.25, 0.3) is 0 Å². The molecule has 0 fully saturated rings. The predicted octanol–water partition coefficient (Wildman–Crippen LogP) is 1.71. The minimum Gasteiger partial charge on any atom is -0.503 e. The van der Waals surface area contributed by atoms with Crippen LogP contribution < -0.4 is 15.2 Å². The average Bonchev–Trinajstić information content (AvgIpc) is 2.20. The number of nitrogens with two attached hydrogens (primary N) is 1. The van der Waals surface area contributed by atoms with E-state index in [-0.39, 0.29) is 17.2 Å². The van der Waals surface area contributed by atoms with Crippen LogP contribution in [0.1, 0.15) is 0 Å². The minimum atomic E-state index is -0.0813. The molecule has 0 atom stereocenters. The zero-order valence-corrected chi connectivity index (χ0v) is 9.14. The Morgan fingerprint density at radius 1 is 1.29 bits per heavy atom. The van der Waals surface area contributed by atoms with Crippen molar-refractivity contribution in [3.8, 4) is 17.2 Å². The van der Waals surface area contributed by atoms with E-state index in [0.29, 0.717) is 5.75 Å². The van der Waals surface area contributed by atoms with Gasteiger partial charge in [-0.15, -0.1) is 11.8 Å². The van der Waals surface area contributed by atoms with E-state index in [4.69, 9.17) is 15.2 Å². The lowest BCUT2D eigenvalue weighted by Gasteiger charge is -2.14. The summed E-state index contributed by atoms with van der Waals surface area (Å²) in [5, 5.41) is 9.59. The highest BCUT2D eigenvalue weighted by atomic mass is 32.2. The second kappa shape index (κ2) is 4.32. The van der Waals surface area contributed by atoms with Crippen molar-refractivity contribution < 1.29 is 14.6 Å². The Kier molecular flexibility index (Phi) is 3.35. The second-order valence-corrected chi connectivity index (χ2v) is 3.43. The van der Waals surface area contributed by atoms with Gasteiger partial charge in [0.2, 0.25) is 5.75 Å². The van der Waals surface area contributed by atoms with E-state index >= 15 is 0 Å². The number of methoxy groups -OCH3 is 2. The first-order valence-corrected chi connectivity index (χ1v) is 5.15. The second-order valence-electron chi connectivity index (χ2n) is 2.58. The van der Waals surface area contributed by atoms with E-state index < -0.39 is 0 Å². The largest absolute Gasteiger partial charge is 0.503 e. The van der Waals surface area contributed by atoms with Gasteiger partial charge in [-0.05, 0) is 12.3 Å². The number of phenols is 1. The van der Waals surface area contributed by atoms with Crippen LogP contribution in [0.5, 0.6) is 17.2 Å². The molecule has 0 radical (unpaired) electrons. The van der Waals surface area contributed by atoms with Crippen LogP contribution in [0.15, 0.2) is 11.0 Å². The van der Waals surface area contributed by atoms with Crippen LogP contribution >= 0.6 is 11.8 Å². The molecule has 4 nitrogen and oxygen atoms in total. The van der Waals surface area contributed by atoms with E-state index in [1.165, 1.54) is 26.0 Å². The molecule has 1 aromatic carbocycles. The number of hydrogen-bond acceptors (Lipinski definition) is 5. The van der Waals surface area contributed by atoms with Gasteiger partial charge in [-0.1, -0.05) is 0 Å². The van der Waals surface area contributed by atoms with Crippen LogP contribution in [0.3, 0.4) is 0 Å². The van der Waals surface area contributed by atoms with Gasteiger partial charge in [-0.2, -0.15) is 0 Å². The van der Waals surface area contributed by atoms with Gasteiger partial charge in [0.05, 0.1) is 24.8 Å². The summed E-state index contributed by atoms with van der Waals surface area (Å²) in [4.78, 5) is 0.833. The Labute approximate surface area is 87.0 Å². The van der Waals surface area contributed by atoms with Crippen molar-refractivity contribution in [2.75, 3.05) is 26.2 Å². The molecule has 0 aliphatic heterocycles. The number of phenolic OH excluding ortho intramolecular Hbond substituents is 1. The molecule has 0 saturated heterocycles. The van der Waals surface area contributed by atoms with E-state index in [1.807, 2.05) is 6.26 Å². The fourth-order valence-corrected chi connectivity index (χ4v) is 1.77. The van der Waals surface area contributed by atoms with Gasteiger partial charge in [0.25, 0.3) is 0 Å². The summed E-state index contributed by atoms with van der Waals surface area (Å²) in [5.74, 6) is 0.700. The zero-order chi connectivity index (χ0) is 10.7. The molecule has 1 rings (SSSR count). The SMILES string of the molecule is COc1c(SC)cc(N)c(O)c1OC. The molecule has 14 heavy (non-hydrogen) atoms. The minimum absolute atomic E-state index is 0.0813. The van der Waals surface area contributed by atoms with Crippen molar-refractivity contribution >= 4 is 17.4 Å². The third-order valence-electron chi connectivity index (χ3n) is 1.83. The summed E-state index contributed by atoms with van der Waals surface area (Å²) in [6.45, 7) is 0. The summed E-state index contributed by atoms with van der Waals surface area (Å²) >= 11 is 1.48. The Balaban J connectivity index is 3.42. The van der Waals surface area contributed by atoms with Crippen molar-refractivity contribution in [1.29, 1.82) is 0 Å². The molecule has 0 saturated carbocycles. The van der Waals surface area contributed by atoms with Crippen molar-refractivity contribution in [1.82, 2.24) is 0 Å². The van der Waals surface area contributed by atoms with Crippen LogP contribution in [0.2, 0.25) is 0 Å². The summed E-state index contributed by atoms with van der Waals surface area (Å²) < 4.78 is 10.2. The Hall–Kier alpha value is -1.23. The molecular formula is C9H13NO3S. The third kappa shape index (κ3) is 1.68. The number of hydrogen-bond donors (Lipinski definition) is 2. The first kappa shape index (κ1) is 10.8. The number of benzene rings is 1. The highest BCUT2D eigenvalue weighted by molar-refractivity contribution is 7.98. The molecule has 0 heterocycles. The lowest BCUT2D eigenvalue weighted by atomic mass is 10.2. The predicted molar refractivity (Wildman–Crippen MR) is 57.4 cm³/mol. The molecular weight excluding hydrogens is 202 g/mol. The Morgan fingerprint density at radius 2 is 1.86 bits per heavy atom. The van der Waals surface area contributed by atoms with E-state index in [0.717, 1.165) is 4.90 Å². The topological polar surface area (TPSA) is 64.7 Å². The van der Waals surface area contributed by atoms with Gasteiger partial charge in [0.1, 0.15) is 0 Å². The monoisotopic (exact) mass is 215 g/mol. The molecule has 3 N–H and O–H groups in total. The van der Waals surface area contributed by atoms with Gasteiger partial charge in [-0.25, -0.2) is 0 Å².